The lowest BCUT2D eigenvalue weighted by Gasteiger charge is -2.14. The molecule has 6 nitrogen and oxygen atoms in total. The summed E-state index contributed by atoms with van der Waals surface area (Å²) in [4.78, 5) is 41.5. The van der Waals surface area contributed by atoms with Gasteiger partial charge in [-0.2, -0.15) is 0 Å². The first kappa shape index (κ1) is 21.0. The summed E-state index contributed by atoms with van der Waals surface area (Å²) in [5.41, 5.74) is 2.59. The zero-order valence-corrected chi connectivity index (χ0v) is 17.1. The summed E-state index contributed by atoms with van der Waals surface area (Å²) < 4.78 is 0. The van der Waals surface area contributed by atoms with Crippen molar-refractivity contribution in [2.75, 3.05) is 31.1 Å². The summed E-state index contributed by atoms with van der Waals surface area (Å²) in [6, 6.07) is 11.9. The number of hydrogen-bond donors (Lipinski definition) is 1. The Morgan fingerprint density at radius 2 is 1.62 bits per heavy atom. The summed E-state index contributed by atoms with van der Waals surface area (Å²) in [5, 5.41) is 2.90. The molecule has 2 aromatic carbocycles. The molecule has 0 spiro atoms. The molecule has 2 heterocycles. The van der Waals surface area contributed by atoms with Gasteiger partial charge in [0.25, 0.3) is 17.7 Å². The van der Waals surface area contributed by atoms with E-state index in [1.54, 1.807) is 24.3 Å². The fourth-order valence-corrected chi connectivity index (χ4v) is 3.75. The molecule has 0 saturated carbocycles. The number of anilines is 1. The molecule has 0 atom stereocenters. The number of carbonyl (C=O) groups is 3. The van der Waals surface area contributed by atoms with Crippen molar-refractivity contribution in [1.82, 2.24) is 10.2 Å². The van der Waals surface area contributed by atoms with Crippen molar-refractivity contribution < 1.29 is 14.4 Å². The molecule has 29 heavy (non-hydrogen) atoms. The van der Waals surface area contributed by atoms with Gasteiger partial charge in [-0.15, -0.1) is 12.4 Å². The molecule has 0 radical (unpaired) electrons. The second-order valence-corrected chi connectivity index (χ2v) is 7.35. The van der Waals surface area contributed by atoms with E-state index in [4.69, 9.17) is 0 Å². The van der Waals surface area contributed by atoms with E-state index in [0.717, 1.165) is 25.2 Å². The number of likely N-dealkylation sites (tertiary alicyclic amines) is 1. The molecule has 1 saturated heterocycles. The molecule has 0 aromatic heterocycles. The van der Waals surface area contributed by atoms with Gasteiger partial charge in [-0.05, 0) is 63.2 Å². The van der Waals surface area contributed by atoms with E-state index in [1.165, 1.54) is 23.8 Å². The minimum atomic E-state index is -0.393. The van der Waals surface area contributed by atoms with Crippen LogP contribution in [0.15, 0.2) is 42.5 Å². The molecular formula is C22H24ClN3O3. The molecule has 0 bridgehead atoms. The van der Waals surface area contributed by atoms with Crippen molar-refractivity contribution >= 4 is 35.8 Å². The van der Waals surface area contributed by atoms with Gasteiger partial charge in [-0.25, -0.2) is 4.90 Å². The van der Waals surface area contributed by atoms with E-state index in [2.05, 4.69) is 10.2 Å². The SMILES string of the molecule is Cc1ccc(N2C(=O)c3ccc(C(=O)NCCN4CCCC4)cc3C2=O)cc1.Cl. The average Bonchev–Trinajstić information content (AvgIpc) is 3.30. The second kappa shape index (κ2) is 8.76. The van der Waals surface area contributed by atoms with Crippen LogP contribution in [0.1, 0.15) is 49.5 Å². The predicted molar refractivity (Wildman–Crippen MR) is 114 cm³/mol. The number of benzene rings is 2. The lowest BCUT2D eigenvalue weighted by Crippen LogP contribution is -2.33. The van der Waals surface area contributed by atoms with Crippen LogP contribution in [-0.4, -0.2) is 48.8 Å². The molecule has 1 N–H and O–H groups in total. The number of nitrogens with zero attached hydrogens (tertiary/aromatic N) is 2. The van der Waals surface area contributed by atoms with Gasteiger partial charge in [-0.1, -0.05) is 17.7 Å². The standard InChI is InChI=1S/C22H23N3O3.ClH/c1-15-4-7-17(8-5-15)25-21(27)18-9-6-16(14-19(18)22(25)28)20(26)23-10-13-24-11-2-3-12-24;/h4-9,14H,2-3,10-13H2,1H3,(H,23,26);1H. The van der Waals surface area contributed by atoms with Crippen LogP contribution in [0.2, 0.25) is 0 Å². The Morgan fingerprint density at radius 1 is 0.966 bits per heavy atom. The zero-order chi connectivity index (χ0) is 19.7. The van der Waals surface area contributed by atoms with Crippen molar-refractivity contribution in [2.45, 2.75) is 19.8 Å². The molecule has 4 rings (SSSR count). The third kappa shape index (κ3) is 4.18. The molecule has 1 fully saturated rings. The summed E-state index contributed by atoms with van der Waals surface area (Å²) in [7, 11) is 0. The molecule has 3 amide bonds. The van der Waals surface area contributed by atoms with E-state index in [9.17, 15) is 14.4 Å². The Morgan fingerprint density at radius 3 is 2.31 bits per heavy atom. The fourth-order valence-electron chi connectivity index (χ4n) is 3.75. The van der Waals surface area contributed by atoms with Gasteiger partial charge < -0.3 is 10.2 Å². The van der Waals surface area contributed by atoms with Crippen LogP contribution in [0.4, 0.5) is 5.69 Å². The highest BCUT2D eigenvalue weighted by molar-refractivity contribution is 6.34. The molecule has 7 heteroatoms. The predicted octanol–water partition coefficient (Wildman–Crippen LogP) is 3.04. The average molecular weight is 414 g/mol. The molecule has 0 unspecified atom stereocenters. The van der Waals surface area contributed by atoms with Crippen molar-refractivity contribution in [2.24, 2.45) is 0 Å². The van der Waals surface area contributed by atoms with E-state index >= 15 is 0 Å². The van der Waals surface area contributed by atoms with Gasteiger partial charge in [0.05, 0.1) is 16.8 Å². The van der Waals surface area contributed by atoms with Gasteiger partial charge >= 0.3 is 0 Å². The molecule has 2 aliphatic rings. The van der Waals surface area contributed by atoms with Crippen molar-refractivity contribution in [3.05, 3.63) is 64.7 Å². The number of halogens is 1. The maximum atomic E-state index is 12.8. The molecule has 2 aromatic rings. The lowest BCUT2D eigenvalue weighted by atomic mass is 10.1. The molecular weight excluding hydrogens is 390 g/mol. The maximum Gasteiger partial charge on any atom is 0.266 e. The minimum absolute atomic E-state index is 0. The lowest BCUT2D eigenvalue weighted by molar-refractivity contribution is 0.0923. The number of carbonyl (C=O) groups excluding carboxylic acids is 3. The van der Waals surface area contributed by atoms with E-state index < -0.39 is 5.91 Å². The molecule has 152 valence electrons. The Hall–Kier alpha value is -2.70. The maximum absolute atomic E-state index is 12.8. The number of imide groups is 1. The number of amides is 3. The second-order valence-electron chi connectivity index (χ2n) is 7.35. The Labute approximate surface area is 176 Å². The van der Waals surface area contributed by atoms with E-state index in [-0.39, 0.29) is 29.8 Å². The Balaban J connectivity index is 0.00000240. The monoisotopic (exact) mass is 413 g/mol. The van der Waals surface area contributed by atoms with Crippen LogP contribution in [0.25, 0.3) is 0 Å². The highest BCUT2D eigenvalue weighted by Gasteiger charge is 2.37. The molecule has 0 aliphatic carbocycles. The summed E-state index contributed by atoms with van der Waals surface area (Å²) in [6.07, 6.45) is 2.43. The van der Waals surface area contributed by atoms with Gasteiger partial charge in [0.2, 0.25) is 0 Å². The smallest absolute Gasteiger partial charge is 0.266 e. The van der Waals surface area contributed by atoms with Gasteiger partial charge in [0.15, 0.2) is 0 Å². The van der Waals surface area contributed by atoms with Crippen LogP contribution < -0.4 is 10.2 Å². The summed E-state index contributed by atoms with van der Waals surface area (Å²) in [6.45, 7) is 5.51. The van der Waals surface area contributed by atoms with Crippen LogP contribution in [0.5, 0.6) is 0 Å². The zero-order valence-electron chi connectivity index (χ0n) is 16.3. The number of rotatable bonds is 5. The number of aryl methyl sites for hydroxylation is 1. The first-order valence-corrected chi connectivity index (χ1v) is 9.64. The van der Waals surface area contributed by atoms with E-state index in [0.29, 0.717) is 23.4 Å². The van der Waals surface area contributed by atoms with Crippen molar-refractivity contribution in [3.63, 3.8) is 0 Å². The van der Waals surface area contributed by atoms with Crippen LogP contribution in [0, 0.1) is 6.92 Å². The molecule has 2 aliphatic heterocycles. The Bertz CT molecular complexity index is 937. The summed E-state index contributed by atoms with van der Waals surface area (Å²) >= 11 is 0. The van der Waals surface area contributed by atoms with Gasteiger partial charge in [0.1, 0.15) is 0 Å². The number of fused-ring (bicyclic) bond motifs is 1. The first-order valence-electron chi connectivity index (χ1n) is 9.64. The first-order chi connectivity index (χ1) is 13.5. The normalized spacial score (nSPS) is 16.0. The quantitative estimate of drug-likeness (QED) is 0.765. The summed E-state index contributed by atoms with van der Waals surface area (Å²) in [5.74, 6) is -0.976. The Kier molecular flexibility index (Phi) is 6.35. The highest BCUT2D eigenvalue weighted by atomic mass is 35.5. The number of hydrogen-bond acceptors (Lipinski definition) is 4. The number of nitrogens with one attached hydrogen (secondary N) is 1. The third-order valence-electron chi connectivity index (χ3n) is 5.35. The van der Waals surface area contributed by atoms with Crippen LogP contribution >= 0.6 is 12.4 Å². The van der Waals surface area contributed by atoms with Gasteiger partial charge in [0, 0.05) is 18.7 Å². The van der Waals surface area contributed by atoms with Crippen molar-refractivity contribution in [1.29, 1.82) is 0 Å². The minimum Gasteiger partial charge on any atom is -0.351 e. The topological polar surface area (TPSA) is 69.7 Å². The van der Waals surface area contributed by atoms with Crippen molar-refractivity contribution in [3.8, 4) is 0 Å². The fraction of sp³-hybridized carbons (Fsp3) is 0.318. The van der Waals surface area contributed by atoms with Crippen LogP contribution in [0.3, 0.4) is 0 Å². The van der Waals surface area contributed by atoms with Crippen LogP contribution in [-0.2, 0) is 0 Å². The largest absolute Gasteiger partial charge is 0.351 e. The highest BCUT2D eigenvalue weighted by Crippen LogP contribution is 2.29. The van der Waals surface area contributed by atoms with E-state index in [1.807, 2.05) is 19.1 Å². The van der Waals surface area contributed by atoms with Gasteiger partial charge in [-0.3, -0.25) is 14.4 Å². The third-order valence-corrected chi connectivity index (χ3v) is 5.35.